The van der Waals surface area contributed by atoms with E-state index in [1.165, 1.54) is 0 Å². The van der Waals surface area contributed by atoms with Gasteiger partial charge >= 0.3 is 0 Å². The number of aryl methyl sites for hydroxylation is 3. The zero-order valence-corrected chi connectivity index (χ0v) is 13.5. The van der Waals surface area contributed by atoms with Gasteiger partial charge in [0.25, 0.3) is 0 Å². The van der Waals surface area contributed by atoms with Crippen LogP contribution in [0.15, 0.2) is 34.9 Å². The summed E-state index contributed by atoms with van der Waals surface area (Å²) in [6.07, 6.45) is 3.00. The molecule has 1 aromatic carbocycles. The maximum absolute atomic E-state index is 5.97. The summed E-state index contributed by atoms with van der Waals surface area (Å²) in [5.41, 5.74) is 1.89. The van der Waals surface area contributed by atoms with Gasteiger partial charge in [-0.1, -0.05) is 35.3 Å². The molecule has 3 aromatic rings. The highest BCUT2D eigenvalue weighted by Gasteiger charge is 2.08. The molecule has 0 atom stereocenters. The van der Waals surface area contributed by atoms with Crippen LogP contribution in [0.5, 0.6) is 0 Å². The summed E-state index contributed by atoms with van der Waals surface area (Å²) in [5, 5.41) is 13.8. The Morgan fingerprint density at radius 2 is 1.82 bits per heavy atom. The number of halogens is 2. The number of hydrogen-bond donors (Lipinski definition) is 0. The Morgan fingerprint density at radius 3 is 2.50 bits per heavy atom. The van der Waals surface area contributed by atoms with Crippen molar-refractivity contribution >= 4 is 23.2 Å². The van der Waals surface area contributed by atoms with Crippen LogP contribution in [0, 0.1) is 6.92 Å². The van der Waals surface area contributed by atoms with Crippen molar-refractivity contribution in [2.75, 3.05) is 0 Å². The van der Waals surface area contributed by atoms with E-state index in [4.69, 9.17) is 27.6 Å². The average molecular weight is 337 g/mol. The van der Waals surface area contributed by atoms with E-state index in [9.17, 15) is 0 Å². The molecule has 0 N–H and O–H groups in total. The van der Waals surface area contributed by atoms with E-state index in [1.807, 2.05) is 31.2 Å². The molecule has 0 amide bonds. The van der Waals surface area contributed by atoms with Crippen LogP contribution in [0.2, 0.25) is 10.0 Å². The summed E-state index contributed by atoms with van der Waals surface area (Å²) in [6.45, 7) is 2.52. The van der Waals surface area contributed by atoms with Crippen molar-refractivity contribution in [1.82, 2.24) is 20.0 Å². The highest BCUT2D eigenvalue weighted by Crippen LogP contribution is 2.14. The van der Waals surface area contributed by atoms with E-state index in [-0.39, 0.29) is 0 Å². The van der Waals surface area contributed by atoms with Gasteiger partial charge in [0.15, 0.2) is 0 Å². The van der Waals surface area contributed by atoms with E-state index in [2.05, 4.69) is 15.3 Å². The highest BCUT2D eigenvalue weighted by atomic mass is 35.5. The fourth-order valence-corrected chi connectivity index (χ4v) is 2.33. The summed E-state index contributed by atoms with van der Waals surface area (Å²) in [7, 11) is 0. The first-order valence-corrected chi connectivity index (χ1v) is 7.61. The minimum absolute atomic E-state index is 0.590. The van der Waals surface area contributed by atoms with Gasteiger partial charge in [0, 0.05) is 24.2 Å². The Bertz CT molecular complexity index is 745. The fraction of sp³-hybridized carbons (Fsp3) is 0.267. The molecule has 0 aliphatic rings. The molecule has 0 spiro atoms. The second-order valence-corrected chi connectivity index (χ2v) is 5.81. The van der Waals surface area contributed by atoms with Gasteiger partial charge in [0.1, 0.15) is 0 Å². The Kier molecular flexibility index (Phi) is 4.45. The minimum atomic E-state index is 0.590. The van der Waals surface area contributed by atoms with Gasteiger partial charge in [0.2, 0.25) is 11.8 Å². The maximum atomic E-state index is 5.97. The monoisotopic (exact) mass is 336 g/mol. The Hall–Kier alpha value is -1.85. The summed E-state index contributed by atoms with van der Waals surface area (Å²) >= 11 is 11.8. The number of nitrogens with zero attached hydrogens (tertiary/aromatic N) is 4. The van der Waals surface area contributed by atoms with Gasteiger partial charge < -0.3 is 4.42 Å². The SMILES string of the molecule is Cc1nn(CCc2nnc(Cc3ccc(Cl)cc3)o2)cc1Cl. The van der Waals surface area contributed by atoms with E-state index < -0.39 is 0 Å². The number of benzene rings is 1. The molecule has 0 radical (unpaired) electrons. The van der Waals surface area contributed by atoms with Gasteiger partial charge in [-0.25, -0.2) is 0 Å². The molecule has 0 aliphatic heterocycles. The van der Waals surface area contributed by atoms with Crippen LogP contribution in [-0.4, -0.2) is 20.0 Å². The molecule has 0 aliphatic carbocycles. The molecule has 0 bridgehead atoms. The average Bonchev–Trinajstić information content (AvgIpc) is 3.07. The van der Waals surface area contributed by atoms with Crippen LogP contribution in [-0.2, 0) is 19.4 Å². The molecule has 3 rings (SSSR count). The minimum Gasteiger partial charge on any atom is -0.425 e. The molecule has 0 saturated heterocycles. The van der Waals surface area contributed by atoms with Crippen LogP contribution in [0.3, 0.4) is 0 Å². The molecule has 2 aromatic heterocycles. The van der Waals surface area contributed by atoms with Gasteiger partial charge in [-0.15, -0.1) is 10.2 Å². The third-order valence-corrected chi connectivity index (χ3v) is 3.84. The summed E-state index contributed by atoms with van der Waals surface area (Å²) in [5.74, 6) is 1.18. The third kappa shape index (κ3) is 3.67. The summed E-state index contributed by atoms with van der Waals surface area (Å²) in [6, 6.07) is 7.58. The van der Waals surface area contributed by atoms with Crippen LogP contribution < -0.4 is 0 Å². The largest absolute Gasteiger partial charge is 0.425 e. The second kappa shape index (κ2) is 6.50. The molecule has 7 heteroatoms. The van der Waals surface area contributed by atoms with Crippen molar-refractivity contribution in [3.05, 3.63) is 63.5 Å². The van der Waals surface area contributed by atoms with Crippen molar-refractivity contribution in [1.29, 1.82) is 0 Å². The standard InChI is InChI=1S/C15H14Cl2N4O/c1-10-13(17)9-21(20-10)7-6-14-18-19-15(22-14)8-11-2-4-12(16)5-3-11/h2-5,9H,6-8H2,1H3. The van der Waals surface area contributed by atoms with Crippen molar-refractivity contribution < 1.29 is 4.42 Å². The molecular weight excluding hydrogens is 323 g/mol. The van der Waals surface area contributed by atoms with Crippen LogP contribution >= 0.6 is 23.2 Å². The smallest absolute Gasteiger partial charge is 0.220 e. The molecule has 22 heavy (non-hydrogen) atoms. The zero-order chi connectivity index (χ0) is 15.5. The van der Waals surface area contributed by atoms with Crippen LogP contribution in [0.4, 0.5) is 0 Å². The Labute approximate surface area is 137 Å². The molecule has 0 unspecified atom stereocenters. The van der Waals surface area contributed by atoms with Gasteiger partial charge in [0.05, 0.1) is 17.1 Å². The maximum Gasteiger partial charge on any atom is 0.220 e. The molecule has 0 saturated carbocycles. The second-order valence-electron chi connectivity index (χ2n) is 4.97. The normalized spacial score (nSPS) is 11.0. The van der Waals surface area contributed by atoms with Gasteiger partial charge in [-0.3, -0.25) is 4.68 Å². The Balaban J connectivity index is 1.60. The quantitative estimate of drug-likeness (QED) is 0.712. The molecule has 2 heterocycles. The van der Waals surface area contributed by atoms with E-state index in [0.717, 1.165) is 11.3 Å². The predicted molar refractivity (Wildman–Crippen MR) is 84.2 cm³/mol. The fourth-order valence-electron chi connectivity index (χ4n) is 2.06. The lowest BCUT2D eigenvalue weighted by Crippen LogP contribution is -2.02. The van der Waals surface area contributed by atoms with Crippen LogP contribution in [0.1, 0.15) is 23.0 Å². The van der Waals surface area contributed by atoms with Gasteiger partial charge in [-0.05, 0) is 24.6 Å². The van der Waals surface area contributed by atoms with Crippen molar-refractivity contribution in [2.24, 2.45) is 0 Å². The zero-order valence-electron chi connectivity index (χ0n) is 12.0. The lowest BCUT2D eigenvalue weighted by atomic mass is 10.1. The lowest BCUT2D eigenvalue weighted by molar-refractivity contribution is 0.438. The van der Waals surface area contributed by atoms with Crippen molar-refractivity contribution in [2.45, 2.75) is 26.3 Å². The summed E-state index contributed by atoms with van der Waals surface area (Å²) in [4.78, 5) is 0. The van der Waals surface area contributed by atoms with Crippen molar-refractivity contribution in [3.8, 4) is 0 Å². The third-order valence-electron chi connectivity index (χ3n) is 3.22. The first-order valence-electron chi connectivity index (χ1n) is 6.85. The first kappa shape index (κ1) is 15.1. The Morgan fingerprint density at radius 1 is 1.09 bits per heavy atom. The van der Waals surface area contributed by atoms with Crippen LogP contribution in [0.25, 0.3) is 0 Å². The van der Waals surface area contributed by atoms with Gasteiger partial charge in [-0.2, -0.15) is 5.10 Å². The first-order chi connectivity index (χ1) is 10.6. The lowest BCUT2D eigenvalue weighted by Gasteiger charge is -1.98. The molecule has 0 fully saturated rings. The highest BCUT2D eigenvalue weighted by molar-refractivity contribution is 6.31. The van der Waals surface area contributed by atoms with E-state index in [1.54, 1.807) is 10.9 Å². The topological polar surface area (TPSA) is 56.7 Å². The predicted octanol–water partition coefficient (Wildman–Crippen LogP) is 3.71. The number of hydrogen-bond acceptors (Lipinski definition) is 4. The summed E-state index contributed by atoms with van der Waals surface area (Å²) < 4.78 is 7.43. The van der Waals surface area contributed by atoms with Crippen molar-refractivity contribution in [3.63, 3.8) is 0 Å². The van der Waals surface area contributed by atoms with E-state index >= 15 is 0 Å². The number of aromatic nitrogens is 4. The molecule has 114 valence electrons. The van der Waals surface area contributed by atoms with E-state index in [0.29, 0.717) is 41.2 Å². The number of rotatable bonds is 5. The molecule has 5 nitrogen and oxygen atoms in total. The molecular formula is C15H14Cl2N4O.